The van der Waals surface area contributed by atoms with Crippen molar-refractivity contribution in [3.8, 4) is 0 Å². The third kappa shape index (κ3) is 4.73. The zero-order valence-electron chi connectivity index (χ0n) is 13.0. The van der Waals surface area contributed by atoms with Gasteiger partial charge in [0.15, 0.2) is 0 Å². The highest BCUT2D eigenvalue weighted by Gasteiger charge is 2.23. The number of ether oxygens (including phenoxy) is 1. The first-order valence-electron chi connectivity index (χ1n) is 7.37. The molecule has 1 atom stereocenters. The molecule has 23 heavy (non-hydrogen) atoms. The maximum absolute atomic E-state index is 11.6. The van der Waals surface area contributed by atoms with Gasteiger partial charge in [-0.15, -0.1) is 12.4 Å². The summed E-state index contributed by atoms with van der Waals surface area (Å²) in [5.41, 5.74) is 2.92. The predicted octanol–water partition coefficient (Wildman–Crippen LogP) is 2.81. The average Bonchev–Trinajstić information content (AvgIpc) is 3.19. The number of likely N-dealkylation sites (tertiary alicyclic amines) is 1. The third-order valence-electron chi connectivity index (χ3n) is 4.00. The third-order valence-corrected chi connectivity index (χ3v) is 4.64. The molecule has 0 radical (unpaired) electrons. The fourth-order valence-electron chi connectivity index (χ4n) is 2.95. The van der Waals surface area contributed by atoms with E-state index in [0.717, 1.165) is 31.6 Å². The second kappa shape index (κ2) is 8.38. The Morgan fingerprint density at radius 3 is 3.00 bits per heavy atom. The van der Waals surface area contributed by atoms with Crippen LogP contribution in [0.15, 0.2) is 30.0 Å². The first-order chi connectivity index (χ1) is 10.7. The summed E-state index contributed by atoms with van der Waals surface area (Å²) >= 11 is 1.50. The molecule has 0 saturated carbocycles. The van der Waals surface area contributed by atoms with Crippen LogP contribution in [-0.2, 0) is 17.7 Å². The summed E-state index contributed by atoms with van der Waals surface area (Å²) in [5, 5.41) is 2.11. The number of pyridine rings is 1. The van der Waals surface area contributed by atoms with E-state index in [4.69, 9.17) is 4.74 Å². The summed E-state index contributed by atoms with van der Waals surface area (Å²) in [7, 11) is 1.39. The lowest BCUT2D eigenvalue weighted by molar-refractivity contribution is 0.0600. The molecule has 1 aliphatic heterocycles. The van der Waals surface area contributed by atoms with Crippen molar-refractivity contribution in [3.63, 3.8) is 0 Å². The highest BCUT2D eigenvalue weighted by molar-refractivity contribution is 7.03. The Hall–Kier alpha value is -1.50. The molecule has 3 heterocycles. The second-order valence-electron chi connectivity index (χ2n) is 5.70. The molecule has 3 rings (SSSR count). The Kier molecular flexibility index (Phi) is 6.50. The van der Waals surface area contributed by atoms with Crippen molar-refractivity contribution in [2.75, 3.05) is 20.2 Å². The van der Waals surface area contributed by atoms with Crippen LogP contribution >= 0.6 is 23.9 Å². The normalized spacial score (nSPS) is 17.7. The Labute approximate surface area is 146 Å². The Bertz CT molecular complexity index is 636. The summed E-state index contributed by atoms with van der Waals surface area (Å²) in [6.07, 6.45) is 7.48. The topological polar surface area (TPSA) is 55.3 Å². The lowest BCUT2D eigenvalue weighted by atomic mass is 9.99. The minimum Gasteiger partial charge on any atom is -0.465 e. The van der Waals surface area contributed by atoms with Gasteiger partial charge in [-0.25, -0.2) is 9.17 Å². The van der Waals surface area contributed by atoms with Crippen molar-refractivity contribution < 1.29 is 9.53 Å². The number of halogens is 1. The van der Waals surface area contributed by atoms with Crippen molar-refractivity contribution in [1.29, 1.82) is 0 Å². The molecule has 5 nitrogen and oxygen atoms in total. The summed E-state index contributed by atoms with van der Waals surface area (Å²) in [6, 6.07) is 1.89. The maximum Gasteiger partial charge on any atom is 0.339 e. The van der Waals surface area contributed by atoms with E-state index in [-0.39, 0.29) is 18.4 Å². The van der Waals surface area contributed by atoms with E-state index in [2.05, 4.69) is 19.6 Å². The van der Waals surface area contributed by atoms with E-state index in [1.54, 1.807) is 6.20 Å². The first-order valence-corrected chi connectivity index (χ1v) is 8.21. The molecule has 1 aliphatic rings. The predicted molar refractivity (Wildman–Crippen MR) is 92.0 cm³/mol. The van der Waals surface area contributed by atoms with Gasteiger partial charge in [0.05, 0.1) is 12.7 Å². The second-order valence-corrected chi connectivity index (χ2v) is 6.36. The van der Waals surface area contributed by atoms with Crippen LogP contribution < -0.4 is 0 Å². The van der Waals surface area contributed by atoms with Crippen molar-refractivity contribution in [3.05, 3.63) is 46.7 Å². The molecule has 1 saturated heterocycles. The number of carbonyl (C=O) groups excluding carboxylic acids is 1. The molecule has 1 unspecified atom stereocenters. The largest absolute Gasteiger partial charge is 0.465 e. The van der Waals surface area contributed by atoms with E-state index in [1.165, 1.54) is 30.6 Å². The molecule has 2 aromatic heterocycles. The summed E-state index contributed by atoms with van der Waals surface area (Å²) in [4.78, 5) is 18.2. The summed E-state index contributed by atoms with van der Waals surface area (Å²) in [5.74, 6) is 0.286. The zero-order chi connectivity index (χ0) is 15.4. The van der Waals surface area contributed by atoms with Gasteiger partial charge in [0, 0.05) is 37.1 Å². The van der Waals surface area contributed by atoms with Crippen LogP contribution in [0.2, 0.25) is 0 Å². The molecule has 124 valence electrons. The van der Waals surface area contributed by atoms with Crippen LogP contribution in [0.5, 0.6) is 0 Å². The van der Waals surface area contributed by atoms with Crippen LogP contribution in [0.4, 0.5) is 0 Å². The van der Waals surface area contributed by atoms with Crippen LogP contribution in [0.1, 0.15) is 27.9 Å². The fraction of sp³-hybridized carbons (Fsp3) is 0.438. The molecule has 1 fully saturated rings. The van der Waals surface area contributed by atoms with Crippen LogP contribution in [0.25, 0.3) is 0 Å². The number of nitrogens with zero attached hydrogens (tertiary/aromatic N) is 3. The number of hydrogen-bond donors (Lipinski definition) is 0. The van der Waals surface area contributed by atoms with E-state index in [0.29, 0.717) is 11.5 Å². The molecule has 0 spiro atoms. The summed E-state index contributed by atoms with van der Waals surface area (Å²) in [6.45, 7) is 3.18. The molecule has 7 heteroatoms. The number of rotatable bonds is 5. The van der Waals surface area contributed by atoms with Gasteiger partial charge in [0.2, 0.25) is 0 Å². The van der Waals surface area contributed by atoms with Gasteiger partial charge >= 0.3 is 5.97 Å². The van der Waals surface area contributed by atoms with Crippen molar-refractivity contribution in [1.82, 2.24) is 14.3 Å². The van der Waals surface area contributed by atoms with Crippen LogP contribution in [-0.4, -0.2) is 40.4 Å². The van der Waals surface area contributed by atoms with E-state index in [1.807, 2.05) is 18.5 Å². The molecule has 0 aliphatic carbocycles. The molecular weight excluding hydrogens is 334 g/mol. The lowest BCUT2D eigenvalue weighted by Crippen LogP contribution is -2.20. The van der Waals surface area contributed by atoms with Crippen molar-refractivity contribution in [2.24, 2.45) is 5.92 Å². The Morgan fingerprint density at radius 1 is 1.39 bits per heavy atom. The van der Waals surface area contributed by atoms with Crippen LogP contribution in [0, 0.1) is 5.92 Å². The number of esters is 1. The molecule has 0 N–H and O–H groups in total. The number of aromatic nitrogens is 2. The fourth-order valence-corrected chi connectivity index (χ4v) is 3.48. The standard InChI is InChI=1S/C16H19N3O2S.ClH/c1-21-16(20)15-5-13(6-17-8-15)4-12-2-3-19(9-12)10-14-7-18-22-11-14;/h5-8,11-12H,2-4,9-10H2,1H3;1H. The molecule has 0 aromatic carbocycles. The molecule has 2 aromatic rings. The average molecular weight is 354 g/mol. The minimum atomic E-state index is -0.327. The highest BCUT2D eigenvalue weighted by atomic mass is 35.5. The molecular formula is C16H20ClN3O2S. The lowest BCUT2D eigenvalue weighted by Gasteiger charge is -2.15. The smallest absolute Gasteiger partial charge is 0.339 e. The monoisotopic (exact) mass is 353 g/mol. The van der Waals surface area contributed by atoms with Gasteiger partial charge < -0.3 is 4.74 Å². The first kappa shape index (κ1) is 17.8. The van der Waals surface area contributed by atoms with Gasteiger partial charge in [0.25, 0.3) is 0 Å². The van der Waals surface area contributed by atoms with Crippen LogP contribution in [0.3, 0.4) is 0 Å². The Balaban J connectivity index is 0.00000192. The van der Waals surface area contributed by atoms with E-state index < -0.39 is 0 Å². The number of methoxy groups -OCH3 is 1. The number of carbonyl (C=O) groups is 1. The van der Waals surface area contributed by atoms with Gasteiger partial charge in [-0.3, -0.25) is 9.88 Å². The molecule has 0 amide bonds. The Morgan fingerprint density at radius 2 is 2.26 bits per heavy atom. The minimum absolute atomic E-state index is 0. The highest BCUT2D eigenvalue weighted by Crippen LogP contribution is 2.22. The van der Waals surface area contributed by atoms with Gasteiger partial charge in [-0.2, -0.15) is 0 Å². The quantitative estimate of drug-likeness (QED) is 0.774. The molecule has 0 bridgehead atoms. The van der Waals surface area contributed by atoms with Gasteiger partial charge in [0.1, 0.15) is 0 Å². The van der Waals surface area contributed by atoms with Gasteiger partial charge in [-0.1, -0.05) is 0 Å². The SMILES string of the molecule is COC(=O)c1cncc(CC2CCN(Cc3cnsc3)C2)c1.Cl. The van der Waals surface area contributed by atoms with Crippen molar-refractivity contribution in [2.45, 2.75) is 19.4 Å². The van der Waals surface area contributed by atoms with Gasteiger partial charge in [-0.05, 0) is 54.0 Å². The summed E-state index contributed by atoms with van der Waals surface area (Å²) < 4.78 is 8.89. The zero-order valence-corrected chi connectivity index (χ0v) is 14.6. The van der Waals surface area contributed by atoms with E-state index in [9.17, 15) is 4.79 Å². The number of hydrogen-bond acceptors (Lipinski definition) is 6. The van der Waals surface area contributed by atoms with E-state index >= 15 is 0 Å². The van der Waals surface area contributed by atoms with Crippen molar-refractivity contribution >= 4 is 29.9 Å². The maximum atomic E-state index is 11.6.